The van der Waals surface area contributed by atoms with Crippen LogP contribution in [-0.2, 0) is 17.6 Å². The fourth-order valence-electron chi connectivity index (χ4n) is 3.39. The van der Waals surface area contributed by atoms with Gasteiger partial charge in [-0.05, 0) is 19.3 Å². The minimum atomic E-state index is -2.65. The first-order valence-electron chi connectivity index (χ1n) is 8.28. The van der Waals surface area contributed by atoms with Crippen LogP contribution < -0.4 is 5.32 Å². The molecule has 2 heterocycles. The molecule has 0 spiro atoms. The van der Waals surface area contributed by atoms with E-state index in [0.717, 1.165) is 17.1 Å². The number of fused-ring (bicyclic) bond motifs is 1. The van der Waals surface area contributed by atoms with Crippen LogP contribution in [0.25, 0.3) is 0 Å². The van der Waals surface area contributed by atoms with Crippen molar-refractivity contribution >= 4 is 11.7 Å². The van der Waals surface area contributed by atoms with Crippen LogP contribution in [0.5, 0.6) is 0 Å². The summed E-state index contributed by atoms with van der Waals surface area (Å²) in [5, 5.41) is 3.42. The maximum Gasteiger partial charge on any atom is 0.249 e. The third-order valence-electron chi connectivity index (χ3n) is 4.95. The molecule has 3 aliphatic rings. The maximum atomic E-state index is 13.0. The molecule has 5 nitrogen and oxygen atoms in total. The number of rotatable bonds is 3. The van der Waals surface area contributed by atoms with Crippen molar-refractivity contribution < 1.29 is 13.6 Å². The minimum absolute atomic E-state index is 0.131. The highest BCUT2D eigenvalue weighted by Gasteiger charge is 2.49. The molecule has 0 unspecified atom stereocenters. The van der Waals surface area contributed by atoms with E-state index < -0.39 is 11.8 Å². The summed E-state index contributed by atoms with van der Waals surface area (Å²) in [6.45, 7) is 1.11. The molecular formula is C16H20F2N4O. The lowest BCUT2D eigenvalue weighted by atomic mass is 9.80. The van der Waals surface area contributed by atoms with Crippen LogP contribution in [-0.4, -0.2) is 45.8 Å². The average Bonchev–Trinajstić information content (AvgIpc) is 3.30. The van der Waals surface area contributed by atoms with Gasteiger partial charge in [-0.25, -0.2) is 18.7 Å². The largest absolute Gasteiger partial charge is 0.367 e. The monoisotopic (exact) mass is 322 g/mol. The van der Waals surface area contributed by atoms with E-state index in [9.17, 15) is 13.6 Å². The number of hydrogen-bond acceptors (Lipinski definition) is 4. The second kappa shape index (κ2) is 5.39. The number of halogens is 2. The fourth-order valence-corrected chi connectivity index (χ4v) is 3.39. The number of anilines is 1. The van der Waals surface area contributed by atoms with Gasteiger partial charge in [0, 0.05) is 49.9 Å². The Morgan fingerprint density at radius 2 is 1.96 bits per heavy atom. The fraction of sp³-hybridized carbons (Fsp3) is 0.688. The minimum Gasteiger partial charge on any atom is -0.367 e. The van der Waals surface area contributed by atoms with Crippen molar-refractivity contribution in [2.24, 2.45) is 5.92 Å². The van der Waals surface area contributed by atoms with Gasteiger partial charge in [-0.15, -0.1) is 0 Å². The third-order valence-corrected chi connectivity index (χ3v) is 4.95. The predicted molar refractivity (Wildman–Crippen MR) is 80.3 cm³/mol. The van der Waals surface area contributed by atoms with Crippen molar-refractivity contribution in [1.29, 1.82) is 0 Å². The number of carbonyl (C=O) groups is 1. The number of nitrogens with one attached hydrogen (secondary N) is 1. The molecular weight excluding hydrogens is 302 g/mol. The van der Waals surface area contributed by atoms with E-state index in [-0.39, 0.29) is 18.7 Å². The molecule has 2 saturated carbocycles. The van der Waals surface area contributed by atoms with Gasteiger partial charge in [-0.1, -0.05) is 0 Å². The van der Waals surface area contributed by atoms with Crippen LogP contribution in [0.4, 0.5) is 14.6 Å². The Morgan fingerprint density at radius 3 is 2.65 bits per heavy atom. The SMILES string of the molecule is O=C(C1CC(F)(F)C1)N1CCc2ncnc(NC3CC3)c2CC1. The van der Waals surface area contributed by atoms with Crippen molar-refractivity contribution in [3.63, 3.8) is 0 Å². The van der Waals surface area contributed by atoms with Crippen molar-refractivity contribution in [2.75, 3.05) is 18.4 Å². The van der Waals surface area contributed by atoms with Crippen LogP contribution in [0.15, 0.2) is 6.33 Å². The number of hydrogen-bond donors (Lipinski definition) is 1. The van der Waals surface area contributed by atoms with Crippen LogP contribution in [0, 0.1) is 5.92 Å². The Bertz CT molecular complexity index is 625. The van der Waals surface area contributed by atoms with Crippen molar-refractivity contribution in [2.45, 2.75) is 50.5 Å². The molecule has 1 N–H and O–H groups in total. The first-order valence-corrected chi connectivity index (χ1v) is 8.28. The molecule has 0 atom stereocenters. The zero-order valence-electron chi connectivity index (χ0n) is 12.9. The summed E-state index contributed by atoms with van der Waals surface area (Å²) in [6, 6.07) is 0.507. The van der Waals surface area contributed by atoms with Crippen LogP contribution in [0.1, 0.15) is 36.9 Å². The first-order chi connectivity index (χ1) is 11.0. The van der Waals surface area contributed by atoms with Gasteiger partial charge < -0.3 is 10.2 Å². The van der Waals surface area contributed by atoms with E-state index in [4.69, 9.17) is 0 Å². The average molecular weight is 322 g/mol. The van der Waals surface area contributed by atoms with Gasteiger partial charge in [0.25, 0.3) is 0 Å². The summed E-state index contributed by atoms with van der Waals surface area (Å²) < 4.78 is 26.0. The van der Waals surface area contributed by atoms with Gasteiger partial charge in [0.05, 0.1) is 5.69 Å². The van der Waals surface area contributed by atoms with Crippen LogP contribution in [0.2, 0.25) is 0 Å². The zero-order valence-corrected chi connectivity index (χ0v) is 12.9. The number of amides is 1. The maximum absolute atomic E-state index is 13.0. The van der Waals surface area contributed by atoms with Gasteiger partial charge >= 0.3 is 0 Å². The Morgan fingerprint density at radius 1 is 1.22 bits per heavy atom. The molecule has 1 aromatic heterocycles. The molecule has 2 aliphatic carbocycles. The lowest BCUT2D eigenvalue weighted by Gasteiger charge is -2.36. The quantitative estimate of drug-likeness (QED) is 0.925. The molecule has 23 heavy (non-hydrogen) atoms. The van der Waals surface area contributed by atoms with Gasteiger partial charge in [0.15, 0.2) is 0 Å². The van der Waals surface area contributed by atoms with E-state index >= 15 is 0 Å². The van der Waals surface area contributed by atoms with E-state index in [0.29, 0.717) is 32.0 Å². The smallest absolute Gasteiger partial charge is 0.249 e. The van der Waals surface area contributed by atoms with Gasteiger partial charge in [0.2, 0.25) is 11.8 Å². The van der Waals surface area contributed by atoms with Gasteiger partial charge in [-0.2, -0.15) is 0 Å². The van der Waals surface area contributed by atoms with E-state index in [1.165, 1.54) is 12.8 Å². The van der Waals surface area contributed by atoms with E-state index in [1.807, 2.05) is 0 Å². The van der Waals surface area contributed by atoms with E-state index in [2.05, 4.69) is 15.3 Å². The van der Waals surface area contributed by atoms with Crippen molar-refractivity contribution in [3.05, 3.63) is 17.6 Å². The lowest BCUT2D eigenvalue weighted by molar-refractivity contribution is -0.159. The first kappa shape index (κ1) is 14.8. The summed E-state index contributed by atoms with van der Waals surface area (Å²) in [5.74, 6) is -2.42. The third kappa shape index (κ3) is 3.01. The predicted octanol–water partition coefficient (Wildman–Crippen LogP) is 2.02. The number of carbonyl (C=O) groups excluding carboxylic acids is 1. The molecule has 0 radical (unpaired) electrons. The number of alkyl halides is 2. The molecule has 0 saturated heterocycles. The van der Waals surface area contributed by atoms with Gasteiger partial charge in [-0.3, -0.25) is 4.79 Å². The summed E-state index contributed by atoms with van der Waals surface area (Å²) in [7, 11) is 0. The molecule has 1 amide bonds. The highest BCUT2D eigenvalue weighted by atomic mass is 19.3. The Balaban J connectivity index is 1.45. The molecule has 2 fully saturated rings. The molecule has 1 aromatic rings. The highest BCUT2D eigenvalue weighted by molar-refractivity contribution is 5.80. The standard InChI is InChI=1S/C16H20F2N4O/c17-16(18)7-10(8-16)15(23)22-5-3-12-13(4-6-22)19-9-20-14(12)21-11-1-2-11/h9-11H,1-8H2,(H,19,20,21). The zero-order chi connectivity index (χ0) is 16.0. The normalized spacial score (nSPS) is 23.7. The second-order valence-corrected chi connectivity index (χ2v) is 6.85. The second-order valence-electron chi connectivity index (χ2n) is 6.85. The van der Waals surface area contributed by atoms with Crippen LogP contribution >= 0.6 is 0 Å². The van der Waals surface area contributed by atoms with Crippen LogP contribution in [0.3, 0.4) is 0 Å². The number of aromatic nitrogens is 2. The summed E-state index contributed by atoms with van der Waals surface area (Å²) in [4.78, 5) is 22.8. The lowest BCUT2D eigenvalue weighted by Crippen LogP contribution is -2.47. The Kier molecular flexibility index (Phi) is 3.46. The Hall–Kier alpha value is -1.79. The van der Waals surface area contributed by atoms with Crippen molar-refractivity contribution in [1.82, 2.24) is 14.9 Å². The molecule has 0 bridgehead atoms. The molecule has 4 rings (SSSR count). The highest BCUT2D eigenvalue weighted by Crippen LogP contribution is 2.43. The summed E-state index contributed by atoms with van der Waals surface area (Å²) in [6.07, 6.45) is 4.63. The molecule has 1 aliphatic heterocycles. The molecule has 0 aromatic carbocycles. The molecule has 124 valence electrons. The Labute approximate surface area is 133 Å². The van der Waals surface area contributed by atoms with Gasteiger partial charge in [0.1, 0.15) is 12.1 Å². The topological polar surface area (TPSA) is 58.1 Å². The molecule has 7 heteroatoms. The number of nitrogens with zero attached hydrogens (tertiary/aromatic N) is 3. The summed E-state index contributed by atoms with van der Waals surface area (Å²) in [5.41, 5.74) is 2.05. The van der Waals surface area contributed by atoms with E-state index in [1.54, 1.807) is 11.2 Å². The van der Waals surface area contributed by atoms with Crippen molar-refractivity contribution in [3.8, 4) is 0 Å². The summed E-state index contributed by atoms with van der Waals surface area (Å²) >= 11 is 0.